The first-order chi connectivity index (χ1) is 14.8. The molecule has 0 radical (unpaired) electrons. The average Bonchev–Trinajstić information content (AvgIpc) is 3.49. The van der Waals surface area contributed by atoms with Crippen LogP contribution in [0, 0.1) is 11.8 Å². The Morgan fingerprint density at radius 3 is 2.70 bits per heavy atom. The molecule has 0 spiro atoms. The summed E-state index contributed by atoms with van der Waals surface area (Å²) in [4.78, 5) is 7.34. The Labute approximate surface area is 176 Å². The normalized spacial score (nSPS) is 22.0. The maximum Gasteiger partial charge on any atom is 0.231 e. The van der Waals surface area contributed by atoms with Gasteiger partial charge in [-0.1, -0.05) is 6.07 Å². The molecule has 4 heterocycles. The van der Waals surface area contributed by atoms with Gasteiger partial charge in [-0.2, -0.15) is 0 Å². The monoisotopic (exact) mass is 403 g/mol. The summed E-state index contributed by atoms with van der Waals surface area (Å²) < 4.78 is 18.7. The van der Waals surface area contributed by atoms with Gasteiger partial charge in [0.1, 0.15) is 11.6 Å². The fourth-order valence-corrected chi connectivity index (χ4v) is 5.14. The number of imidazole rings is 1. The van der Waals surface area contributed by atoms with E-state index in [1.54, 1.807) is 7.11 Å². The average molecular weight is 403 g/mol. The molecule has 0 saturated carbocycles. The Bertz CT molecular complexity index is 1080. The summed E-state index contributed by atoms with van der Waals surface area (Å²) in [5, 5.41) is 0. The predicted octanol–water partition coefficient (Wildman–Crippen LogP) is 3.59. The van der Waals surface area contributed by atoms with E-state index in [0.29, 0.717) is 18.6 Å². The Kier molecular flexibility index (Phi) is 4.20. The minimum atomic E-state index is 0.328. The van der Waals surface area contributed by atoms with E-state index in [9.17, 15) is 0 Å². The number of hydrogen-bond donors (Lipinski definition) is 0. The molecule has 3 aromatic rings. The SMILES string of the molecule is COc1ccc(-c2cnc3n2C[C@H]2CN(Cc4ccc5c(c4)OCO5)C[C@H]2C3)cc1. The molecule has 2 aromatic carbocycles. The topological polar surface area (TPSA) is 48.8 Å². The highest BCUT2D eigenvalue weighted by molar-refractivity contribution is 5.60. The number of nitrogens with zero attached hydrogens (tertiary/aromatic N) is 3. The number of rotatable bonds is 4. The molecule has 154 valence electrons. The first-order valence-electron chi connectivity index (χ1n) is 10.6. The molecule has 1 fully saturated rings. The minimum Gasteiger partial charge on any atom is -0.497 e. The minimum absolute atomic E-state index is 0.328. The number of likely N-dealkylation sites (tertiary alicyclic amines) is 1. The van der Waals surface area contributed by atoms with Crippen molar-refractivity contribution >= 4 is 0 Å². The molecule has 6 rings (SSSR count). The van der Waals surface area contributed by atoms with Gasteiger partial charge in [0.2, 0.25) is 6.79 Å². The van der Waals surface area contributed by atoms with Crippen LogP contribution in [0.2, 0.25) is 0 Å². The third kappa shape index (κ3) is 3.03. The largest absolute Gasteiger partial charge is 0.497 e. The van der Waals surface area contributed by atoms with Crippen molar-refractivity contribution in [2.24, 2.45) is 11.8 Å². The van der Waals surface area contributed by atoms with Crippen LogP contribution >= 0.6 is 0 Å². The highest BCUT2D eigenvalue weighted by Crippen LogP contribution is 2.37. The van der Waals surface area contributed by atoms with Crippen LogP contribution in [0.1, 0.15) is 11.4 Å². The Morgan fingerprint density at radius 2 is 1.83 bits per heavy atom. The smallest absolute Gasteiger partial charge is 0.231 e. The molecular weight excluding hydrogens is 378 g/mol. The molecule has 3 aliphatic heterocycles. The van der Waals surface area contributed by atoms with Crippen molar-refractivity contribution in [1.29, 1.82) is 0 Å². The predicted molar refractivity (Wildman–Crippen MR) is 113 cm³/mol. The van der Waals surface area contributed by atoms with Gasteiger partial charge < -0.3 is 18.8 Å². The van der Waals surface area contributed by atoms with E-state index in [1.807, 2.05) is 24.4 Å². The standard InChI is InChI=1S/C24H25N3O3/c1-28-20-5-3-17(4-6-20)21-10-25-24-9-18-12-26(13-19(18)14-27(21)24)11-16-2-7-22-23(8-16)30-15-29-22/h2-8,10,18-19H,9,11-15H2,1H3/t18-,19-/m1/s1. The number of hydrogen-bond acceptors (Lipinski definition) is 5. The van der Waals surface area contributed by atoms with E-state index in [-0.39, 0.29) is 0 Å². The molecule has 6 nitrogen and oxygen atoms in total. The van der Waals surface area contributed by atoms with Crippen LogP contribution in [0.5, 0.6) is 17.2 Å². The quantitative estimate of drug-likeness (QED) is 0.666. The Balaban J connectivity index is 1.18. The number of fused-ring (bicyclic) bond motifs is 3. The van der Waals surface area contributed by atoms with Crippen LogP contribution in [0.15, 0.2) is 48.7 Å². The molecule has 0 aliphatic carbocycles. The molecule has 0 amide bonds. The molecule has 0 N–H and O–H groups in total. The van der Waals surface area contributed by atoms with Crippen LogP contribution in [0.25, 0.3) is 11.3 Å². The second-order valence-corrected chi connectivity index (χ2v) is 8.50. The molecular formula is C24H25N3O3. The third-order valence-corrected chi connectivity index (χ3v) is 6.68. The van der Waals surface area contributed by atoms with E-state index in [1.165, 1.54) is 22.6 Å². The summed E-state index contributed by atoms with van der Waals surface area (Å²) >= 11 is 0. The van der Waals surface area contributed by atoms with Crippen LogP contribution in [0.3, 0.4) is 0 Å². The van der Waals surface area contributed by atoms with Crippen LogP contribution in [0.4, 0.5) is 0 Å². The molecule has 0 unspecified atom stereocenters. The summed E-state index contributed by atoms with van der Waals surface area (Å²) in [6.45, 7) is 4.58. The lowest BCUT2D eigenvalue weighted by Crippen LogP contribution is -2.28. The summed E-state index contributed by atoms with van der Waals surface area (Å²) in [6.07, 6.45) is 3.08. The lowest BCUT2D eigenvalue weighted by Gasteiger charge is -2.27. The second-order valence-electron chi connectivity index (χ2n) is 8.50. The van der Waals surface area contributed by atoms with Gasteiger partial charge in [0, 0.05) is 38.2 Å². The van der Waals surface area contributed by atoms with Crippen LogP contribution in [-0.2, 0) is 19.5 Å². The summed E-state index contributed by atoms with van der Waals surface area (Å²) in [7, 11) is 1.70. The van der Waals surface area contributed by atoms with E-state index in [2.05, 4.69) is 33.7 Å². The zero-order valence-electron chi connectivity index (χ0n) is 17.1. The van der Waals surface area contributed by atoms with E-state index in [0.717, 1.165) is 49.8 Å². The van der Waals surface area contributed by atoms with E-state index < -0.39 is 0 Å². The van der Waals surface area contributed by atoms with Gasteiger partial charge in [0.15, 0.2) is 11.5 Å². The van der Waals surface area contributed by atoms with Gasteiger partial charge in [-0.15, -0.1) is 0 Å². The maximum atomic E-state index is 5.54. The van der Waals surface area contributed by atoms with Gasteiger partial charge in [0.05, 0.1) is 19.0 Å². The van der Waals surface area contributed by atoms with Crippen LogP contribution in [-0.4, -0.2) is 41.4 Å². The summed E-state index contributed by atoms with van der Waals surface area (Å²) in [5.74, 6) is 5.16. The number of aromatic nitrogens is 2. The van der Waals surface area contributed by atoms with Gasteiger partial charge in [0.25, 0.3) is 0 Å². The maximum absolute atomic E-state index is 5.54. The summed E-state index contributed by atoms with van der Waals surface area (Å²) in [6, 6.07) is 14.6. The fraction of sp³-hybridized carbons (Fsp3) is 0.375. The molecule has 3 aliphatic rings. The molecule has 2 atom stereocenters. The van der Waals surface area contributed by atoms with Gasteiger partial charge >= 0.3 is 0 Å². The number of methoxy groups -OCH3 is 1. The zero-order valence-corrected chi connectivity index (χ0v) is 17.1. The van der Waals surface area contributed by atoms with Crippen molar-refractivity contribution in [3.8, 4) is 28.5 Å². The third-order valence-electron chi connectivity index (χ3n) is 6.68. The van der Waals surface area contributed by atoms with E-state index >= 15 is 0 Å². The fourth-order valence-electron chi connectivity index (χ4n) is 5.14. The Hall–Kier alpha value is -2.99. The zero-order chi connectivity index (χ0) is 20.1. The lowest BCUT2D eigenvalue weighted by molar-refractivity contribution is 0.174. The first kappa shape index (κ1) is 17.8. The second kappa shape index (κ2) is 7.06. The van der Waals surface area contributed by atoms with Crippen molar-refractivity contribution in [1.82, 2.24) is 14.5 Å². The van der Waals surface area contributed by atoms with Crippen molar-refractivity contribution in [2.45, 2.75) is 19.5 Å². The van der Waals surface area contributed by atoms with Crippen molar-refractivity contribution in [3.05, 3.63) is 60.0 Å². The van der Waals surface area contributed by atoms with Crippen LogP contribution < -0.4 is 14.2 Å². The number of ether oxygens (including phenoxy) is 3. The van der Waals surface area contributed by atoms with Crippen molar-refractivity contribution in [2.75, 3.05) is 27.0 Å². The molecule has 30 heavy (non-hydrogen) atoms. The Morgan fingerprint density at radius 1 is 1.00 bits per heavy atom. The first-order valence-corrected chi connectivity index (χ1v) is 10.6. The van der Waals surface area contributed by atoms with Gasteiger partial charge in [-0.3, -0.25) is 4.90 Å². The van der Waals surface area contributed by atoms with Crippen molar-refractivity contribution in [3.63, 3.8) is 0 Å². The van der Waals surface area contributed by atoms with Crippen molar-refractivity contribution < 1.29 is 14.2 Å². The van der Waals surface area contributed by atoms with E-state index in [4.69, 9.17) is 19.2 Å². The molecule has 1 saturated heterocycles. The van der Waals surface area contributed by atoms with Gasteiger partial charge in [-0.25, -0.2) is 4.98 Å². The molecule has 1 aromatic heterocycles. The highest BCUT2D eigenvalue weighted by atomic mass is 16.7. The summed E-state index contributed by atoms with van der Waals surface area (Å²) in [5.41, 5.74) is 3.69. The van der Waals surface area contributed by atoms with Gasteiger partial charge in [-0.05, 0) is 53.8 Å². The lowest BCUT2D eigenvalue weighted by atomic mass is 9.89. The number of benzene rings is 2. The highest BCUT2D eigenvalue weighted by Gasteiger charge is 2.38. The molecule has 6 heteroatoms. The molecule has 0 bridgehead atoms.